The Bertz CT molecular complexity index is 571. The first kappa shape index (κ1) is 12.7. The first-order valence-corrected chi connectivity index (χ1v) is 5.80. The van der Waals surface area contributed by atoms with Crippen LogP contribution >= 0.6 is 0 Å². The van der Waals surface area contributed by atoms with Crippen LogP contribution in [0.1, 0.15) is 23.6 Å². The number of hydrogen-bond acceptors (Lipinski definition) is 1. The summed E-state index contributed by atoms with van der Waals surface area (Å²) in [5.41, 5.74) is 3.66. The maximum atomic E-state index is 13.2. The van der Waals surface area contributed by atoms with E-state index >= 15 is 0 Å². The highest BCUT2D eigenvalue weighted by atomic mass is 19.3. The van der Waals surface area contributed by atoms with Crippen molar-refractivity contribution in [3.05, 3.63) is 53.2 Å². The highest BCUT2D eigenvalue weighted by Gasteiger charge is 2.24. The van der Waals surface area contributed by atoms with Gasteiger partial charge in [-0.2, -0.15) is 0 Å². The molecule has 3 heteroatoms. The van der Waals surface area contributed by atoms with Crippen LogP contribution in [0.25, 0.3) is 11.3 Å². The minimum absolute atomic E-state index is 0.0383. The van der Waals surface area contributed by atoms with Crippen molar-refractivity contribution in [3.63, 3.8) is 0 Å². The molecule has 0 fully saturated rings. The Morgan fingerprint density at radius 1 is 1.06 bits per heavy atom. The maximum Gasteiger partial charge on any atom is 0.270 e. The molecule has 2 aromatic rings. The number of benzene rings is 1. The minimum atomic E-state index is -2.80. The van der Waals surface area contributed by atoms with Gasteiger partial charge in [0, 0.05) is 24.2 Å². The average Bonchev–Trinajstić information content (AvgIpc) is 2.27. The first-order chi connectivity index (χ1) is 8.38. The molecule has 1 heterocycles. The molecule has 0 aliphatic heterocycles. The van der Waals surface area contributed by atoms with Crippen molar-refractivity contribution in [2.45, 2.75) is 26.7 Å². The Morgan fingerprint density at radius 3 is 2.33 bits per heavy atom. The zero-order valence-electron chi connectivity index (χ0n) is 10.7. The third-order valence-electron chi connectivity index (χ3n) is 2.92. The van der Waals surface area contributed by atoms with E-state index in [-0.39, 0.29) is 5.56 Å². The lowest BCUT2D eigenvalue weighted by atomic mass is 9.99. The molecule has 0 saturated carbocycles. The van der Waals surface area contributed by atoms with E-state index < -0.39 is 5.92 Å². The van der Waals surface area contributed by atoms with E-state index in [1.165, 1.54) is 12.1 Å². The summed E-state index contributed by atoms with van der Waals surface area (Å²) in [4.78, 5) is 4.27. The van der Waals surface area contributed by atoms with Gasteiger partial charge in [0.1, 0.15) is 0 Å². The van der Waals surface area contributed by atoms with Gasteiger partial charge in [-0.1, -0.05) is 12.1 Å². The standard InChI is InChI=1S/C15H15F2N/c1-10-6-7-18-14(8-10)13-5-4-12(9-11(13)2)15(3,16)17/h4-9H,1-3H3. The van der Waals surface area contributed by atoms with Crippen LogP contribution in [0.4, 0.5) is 8.78 Å². The van der Waals surface area contributed by atoms with Gasteiger partial charge in [0.2, 0.25) is 0 Å². The number of nitrogens with zero attached hydrogens (tertiary/aromatic N) is 1. The number of hydrogen-bond donors (Lipinski definition) is 0. The Labute approximate surface area is 105 Å². The number of halogens is 2. The third-order valence-corrected chi connectivity index (χ3v) is 2.92. The molecule has 18 heavy (non-hydrogen) atoms. The highest BCUT2D eigenvalue weighted by Crippen LogP contribution is 2.31. The molecular weight excluding hydrogens is 232 g/mol. The van der Waals surface area contributed by atoms with Crippen LogP contribution < -0.4 is 0 Å². The van der Waals surface area contributed by atoms with E-state index in [1.807, 2.05) is 26.0 Å². The van der Waals surface area contributed by atoms with Crippen molar-refractivity contribution >= 4 is 0 Å². The molecule has 94 valence electrons. The van der Waals surface area contributed by atoms with E-state index in [0.717, 1.165) is 29.3 Å². The Morgan fingerprint density at radius 2 is 1.78 bits per heavy atom. The van der Waals surface area contributed by atoms with Crippen LogP contribution in [0, 0.1) is 13.8 Å². The normalized spacial score (nSPS) is 11.6. The molecular formula is C15H15F2N. The van der Waals surface area contributed by atoms with Gasteiger partial charge in [-0.05, 0) is 43.2 Å². The zero-order chi connectivity index (χ0) is 13.3. The van der Waals surface area contributed by atoms with Crippen LogP contribution in [-0.2, 0) is 5.92 Å². The molecule has 0 saturated heterocycles. The lowest BCUT2D eigenvalue weighted by molar-refractivity contribution is 0.0174. The summed E-state index contributed by atoms with van der Waals surface area (Å²) >= 11 is 0. The van der Waals surface area contributed by atoms with Crippen LogP contribution in [0.3, 0.4) is 0 Å². The summed E-state index contributed by atoms with van der Waals surface area (Å²) < 4.78 is 26.4. The van der Waals surface area contributed by atoms with E-state index in [9.17, 15) is 8.78 Å². The van der Waals surface area contributed by atoms with E-state index in [2.05, 4.69) is 4.98 Å². The summed E-state index contributed by atoms with van der Waals surface area (Å²) in [5, 5.41) is 0. The second kappa shape index (κ2) is 4.48. The van der Waals surface area contributed by atoms with Crippen molar-refractivity contribution in [2.24, 2.45) is 0 Å². The predicted molar refractivity (Wildman–Crippen MR) is 68.7 cm³/mol. The summed E-state index contributed by atoms with van der Waals surface area (Å²) in [5.74, 6) is -2.80. The minimum Gasteiger partial charge on any atom is -0.256 e. The van der Waals surface area contributed by atoms with E-state index in [4.69, 9.17) is 0 Å². The van der Waals surface area contributed by atoms with Gasteiger partial charge in [-0.15, -0.1) is 0 Å². The topological polar surface area (TPSA) is 12.9 Å². The number of alkyl halides is 2. The monoisotopic (exact) mass is 247 g/mol. The number of aryl methyl sites for hydroxylation is 2. The molecule has 1 aromatic carbocycles. The molecule has 0 N–H and O–H groups in total. The van der Waals surface area contributed by atoms with Crippen molar-refractivity contribution < 1.29 is 8.78 Å². The lowest BCUT2D eigenvalue weighted by Crippen LogP contribution is -2.07. The van der Waals surface area contributed by atoms with E-state index in [1.54, 1.807) is 12.3 Å². The van der Waals surface area contributed by atoms with Crippen LogP contribution in [-0.4, -0.2) is 4.98 Å². The fourth-order valence-corrected chi connectivity index (χ4v) is 1.91. The second-order valence-electron chi connectivity index (χ2n) is 4.64. The van der Waals surface area contributed by atoms with Gasteiger partial charge in [0.05, 0.1) is 5.69 Å². The third kappa shape index (κ3) is 2.55. The first-order valence-electron chi connectivity index (χ1n) is 5.80. The van der Waals surface area contributed by atoms with Crippen molar-refractivity contribution in [2.75, 3.05) is 0 Å². The van der Waals surface area contributed by atoms with Crippen LogP contribution in [0.15, 0.2) is 36.5 Å². The predicted octanol–water partition coefficient (Wildman–Crippen LogP) is 4.48. The fraction of sp³-hybridized carbons (Fsp3) is 0.267. The second-order valence-corrected chi connectivity index (χ2v) is 4.64. The Balaban J connectivity index is 2.48. The van der Waals surface area contributed by atoms with Crippen molar-refractivity contribution in [1.29, 1.82) is 0 Å². The quantitative estimate of drug-likeness (QED) is 0.762. The van der Waals surface area contributed by atoms with Crippen molar-refractivity contribution in [3.8, 4) is 11.3 Å². The van der Waals surface area contributed by atoms with E-state index in [0.29, 0.717) is 0 Å². The van der Waals surface area contributed by atoms with Gasteiger partial charge in [0.25, 0.3) is 5.92 Å². The summed E-state index contributed by atoms with van der Waals surface area (Å²) in [7, 11) is 0. The van der Waals surface area contributed by atoms with Crippen molar-refractivity contribution in [1.82, 2.24) is 4.98 Å². The summed E-state index contributed by atoms with van der Waals surface area (Å²) in [6.07, 6.45) is 1.73. The van der Waals surface area contributed by atoms with Gasteiger partial charge >= 0.3 is 0 Å². The highest BCUT2D eigenvalue weighted by molar-refractivity contribution is 5.64. The summed E-state index contributed by atoms with van der Waals surface area (Å²) in [6.45, 7) is 4.72. The molecule has 0 bridgehead atoms. The zero-order valence-corrected chi connectivity index (χ0v) is 10.7. The Kier molecular flexibility index (Phi) is 3.16. The number of pyridine rings is 1. The molecule has 0 aliphatic carbocycles. The number of aromatic nitrogens is 1. The lowest BCUT2D eigenvalue weighted by Gasteiger charge is -2.13. The molecule has 0 radical (unpaired) electrons. The SMILES string of the molecule is Cc1ccnc(-c2ccc(C(C)(F)F)cc2C)c1. The fourth-order valence-electron chi connectivity index (χ4n) is 1.91. The molecule has 0 aliphatic rings. The van der Waals surface area contributed by atoms with Crippen LogP contribution in [0.5, 0.6) is 0 Å². The maximum absolute atomic E-state index is 13.2. The molecule has 1 aromatic heterocycles. The molecule has 0 spiro atoms. The van der Waals surface area contributed by atoms with Crippen LogP contribution in [0.2, 0.25) is 0 Å². The molecule has 2 rings (SSSR count). The molecule has 0 atom stereocenters. The molecule has 0 amide bonds. The summed E-state index contributed by atoms with van der Waals surface area (Å²) in [6, 6.07) is 8.56. The number of rotatable bonds is 2. The largest absolute Gasteiger partial charge is 0.270 e. The molecule has 1 nitrogen and oxygen atoms in total. The average molecular weight is 247 g/mol. The molecule has 0 unspecified atom stereocenters. The van der Waals surface area contributed by atoms with Gasteiger partial charge in [0.15, 0.2) is 0 Å². The van der Waals surface area contributed by atoms with Gasteiger partial charge in [-0.3, -0.25) is 4.98 Å². The Hall–Kier alpha value is -1.77. The van der Waals surface area contributed by atoms with Gasteiger partial charge < -0.3 is 0 Å². The van der Waals surface area contributed by atoms with Gasteiger partial charge in [-0.25, -0.2) is 8.78 Å². The smallest absolute Gasteiger partial charge is 0.256 e.